The average Bonchev–Trinajstić information content (AvgIpc) is 1.65. The van der Waals surface area contributed by atoms with E-state index in [2.05, 4.69) is 6.58 Å². The van der Waals surface area contributed by atoms with Crippen molar-refractivity contribution in [1.82, 2.24) is 0 Å². The summed E-state index contributed by atoms with van der Waals surface area (Å²) in [5, 5.41) is 0.873. The highest BCUT2D eigenvalue weighted by molar-refractivity contribution is 6.29. The van der Waals surface area contributed by atoms with E-state index in [9.17, 15) is 0 Å². The van der Waals surface area contributed by atoms with Crippen molar-refractivity contribution in [3.63, 3.8) is 0 Å². The maximum atomic E-state index is 5.66. The van der Waals surface area contributed by atoms with Gasteiger partial charge in [0.25, 0.3) is 0 Å². The van der Waals surface area contributed by atoms with E-state index >= 15 is 0 Å². The first kappa shape index (κ1) is 7.77. The van der Waals surface area contributed by atoms with Crippen LogP contribution in [0.3, 0.4) is 0 Å². The Hall–Kier alpha value is -0.230. The molecule has 0 saturated heterocycles. The zero-order valence-corrected chi connectivity index (χ0v) is 6.13. The molecule has 0 atom stereocenters. The Bertz CT molecular complexity index is 112. The van der Waals surface area contributed by atoms with Crippen molar-refractivity contribution in [3.05, 3.63) is 23.3 Å². The summed E-state index contributed by atoms with van der Waals surface area (Å²) in [5.74, 6) is 0. The Kier molecular flexibility index (Phi) is 3.63. The van der Waals surface area contributed by atoms with Gasteiger partial charge in [-0.25, -0.2) is 0 Å². The van der Waals surface area contributed by atoms with Crippen LogP contribution in [-0.2, 0) is 0 Å². The molecular weight excluding hydrogens is 120 g/mol. The molecule has 0 rings (SSSR count). The average molecular weight is 131 g/mol. The smallest absolute Gasteiger partial charge is 0.0180 e. The van der Waals surface area contributed by atoms with Crippen molar-refractivity contribution in [2.45, 2.75) is 20.3 Å². The highest BCUT2D eigenvalue weighted by atomic mass is 35.5. The first-order valence-corrected chi connectivity index (χ1v) is 3.06. The third kappa shape index (κ3) is 3.94. The van der Waals surface area contributed by atoms with E-state index < -0.39 is 0 Å². The van der Waals surface area contributed by atoms with Crippen LogP contribution in [0.5, 0.6) is 0 Å². The van der Waals surface area contributed by atoms with Crippen LogP contribution in [0.25, 0.3) is 0 Å². The van der Waals surface area contributed by atoms with Gasteiger partial charge in [0.2, 0.25) is 0 Å². The molecule has 0 spiro atoms. The minimum Gasteiger partial charge on any atom is -0.0961 e. The SMILES string of the molecule is C=C(C)C=C(Cl)CC. The monoisotopic (exact) mass is 130 g/mol. The third-order valence-corrected chi connectivity index (χ3v) is 1.12. The van der Waals surface area contributed by atoms with Gasteiger partial charge in [-0.15, -0.1) is 0 Å². The van der Waals surface area contributed by atoms with Gasteiger partial charge in [0.1, 0.15) is 0 Å². The highest BCUT2D eigenvalue weighted by Crippen LogP contribution is 2.08. The van der Waals surface area contributed by atoms with Crippen LogP contribution in [0.2, 0.25) is 0 Å². The summed E-state index contributed by atoms with van der Waals surface area (Å²) < 4.78 is 0. The maximum absolute atomic E-state index is 5.66. The molecule has 0 aliphatic rings. The second-order valence-electron chi connectivity index (χ2n) is 1.79. The predicted molar refractivity (Wildman–Crippen MR) is 39.0 cm³/mol. The summed E-state index contributed by atoms with van der Waals surface area (Å²) in [6.07, 6.45) is 2.77. The van der Waals surface area contributed by atoms with Crippen molar-refractivity contribution in [1.29, 1.82) is 0 Å². The number of rotatable bonds is 2. The molecule has 0 N–H and O–H groups in total. The second-order valence-corrected chi connectivity index (χ2v) is 2.28. The van der Waals surface area contributed by atoms with Gasteiger partial charge in [0.15, 0.2) is 0 Å². The summed E-state index contributed by atoms with van der Waals surface area (Å²) in [4.78, 5) is 0. The Balaban J connectivity index is 3.75. The van der Waals surface area contributed by atoms with Crippen molar-refractivity contribution in [2.24, 2.45) is 0 Å². The zero-order chi connectivity index (χ0) is 6.57. The van der Waals surface area contributed by atoms with Gasteiger partial charge in [-0.1, -0.05) is 30.7 Å². The number of hydrogen-bond donors (Lipinski definition) is 0. The molecule has 8 heavy (non-hydrogen) atoms. The fraction of sp³-hybridized carbons (Fsp3) is 0.429. The number of allylic oxidation sites excluding steroid dienone is 3. The first-order valence-electron chi connectivity index (χ1n) is 2.68. The lowest BCUT2D eigenvalue weighted by Crippen LogP contribution is -1.67. The standard InChI is InChI=1S/C7H11Cl/c1-4-7(8)5-6(2)3/h5H,2,4H2,1,3H3. The normalized spacial score (nSPS) is 11.6. The van der Waals surface area contributed by atoms with E-state index in [1.807, 2.05) is 19.9 Å². The number of hydrogen-bond acceptors (Lipinski definition) is 0. The topological polar surface area (TPSA) is 0 Å². The lowest BCUT2D eigenvalue weighted by molar-refractivity contribution is 1.19. The molecule has 1 heteroatoms. The molecule has 0 amide bonds. The molecule has 0 fully saturated rings. The van der Waals surface area contributed by atoms with Gasteiger partial charge in [0, 0.05) is 5.03 Å². The molecule has 46 valence electrons. The molecule has 0 aromatic heterocycles. The van der Waals surface area contributed by atoms with Crippen molar-refractivity contribution in [2.75, 3.05) is 0 Å². The molecular formula is C7H11Cl. The van der Waals surface area contributed by atoms with Crippen LogP contribution in [0.4, 0.5) is 0 Å². The summed E-state index contributed by atoms with van der Waals surface area (Å²) >= 11 is 5.66. The Morgan fingerprint density at radius 2 is 2.25 bits per heavy atom. The van der Waals surface area contributed by atoms with Gasteiger partial charge >= 0.3 is 0 Å². The third-order valence-electron chi connectivity index (χ3n) is 0.741. The second kappa shape index (κ2) is 3.73. The van der Waals surface area contributed by atoms with Crippen LogP contribution < -0.4 is 0 Å². The largest absolute Gasteiger partial charge is 0.0961 e. The van der Waals surface area contributed by atoms with E-state index in [4.69, 9.17) is 11.6 Å². The van der Waals surface area contributed by atoms with Gasteiger partial charge in [-0.2, -0.15) is 0 Å². The lowest BCUT2D eigenvalue weighted by Gasteiger charge is -1.88. The molecule has 0 heterocycles. The van der Waals surface area contributed by atoms with E-state index in [-0.39, 0.29) is 0 Å². The molecule has 0 radical (unpaired) electrons. The summed E-state index contributed by atoms with van der Waals surface area (Å²) in [6, 6.07) is 0. The Morgan fingerprint density at radius 1 is 1.75 bits per heavy atom. The minimum atomic E-state index is 0.873. The van der Waals surface area contributed by atoms with Crippen molar-refractivity contribution >= 4 is 11.6 Å². The molecule has 0 aromatic carbocycles. The minimum absolute atomic E-state index is 0.873. The Morgan fingerprint density at radius 3 is 2.38 bits per heavy atom. The molecule has 0 unspecified atom stereocenters. The molecule has 0 aromatic rings. The fourth-order valence-electron chi connectivity index (χ4n) is 0.369. The molecule has 0 nitrogen and oxygen atoms in total. The van der Waals surface area contributed by atoms with Crippen molar-refractivity contribution in [3.8, 4) is 0 Å². The van der Waals surface area contributed by atoms with E-state index in [1.54, 1.807) is 0 Å². The van der Waals surface area contributed by atoms with Crippen LogP contribution in [0, 0.1) is 0 Å². The summed E-state index contributed by atoms with van der Waals surface area (Å²) in [6.45, 7) is 7.63. The van der Waals surface area contributed by atoms with Gasteiger partial charge in [-0.05, 0) is 19.4 Å². The molecule has 0 bridgehead atoms. The number of halogens is 1. The quantitative estimate of drug-likeness (QED) is 0.504. The fourth-order valence-corrected chi connectivity index (χ4v) is 0.556. The maximum Gasteiger partial charge on any atom is 0.0180 e. The Labute approximate surface area is 55.9 Å². The van der Waals surface area contributed by atoms with Crippen LogP contribution in [0.15, 0.2) is 23.3 Å². The summed E-state index contributed by atoms with van der Waals surface area (Å²) in [7, 11) is 0. The zero-order valence-electron chi connectivity index (χ0n) is 5.37. The van der Waals surface area contributed by atoms with E-state index in [0.717, 1.165) is 17.0 Å². The summed E-state index contributed by atoms with van der Waals surface area (Å²) in [5.41, 5.74) is 1.01. The predicted octanol–water partition coefficient (Wildman–Crippen LogP) is 3.10. The van der Waals surface area contributed by atoms with Crippen LogP contribution in [0.1, 0.15) is 20.3 Å². The van der Waals surface area contributed by atoms with Crippen LogP contribution >= 0.6 is 11.6 Å². The van der Waals surface area contributed by atoms with Crippen molar-refractivity contribution < 1.29 is 0 Å². The lowest BCUT2D eigenvalue weighted by atomic mass is 10.3. The highest BCUT2D eigenvalue weighted by Gasteiger charge is 1.83. The first-order chi connectivity index (χ1) is 3.66. The molecule has 0 saturated carbocycles. The van der Waals surface area contributed by atoms with E-state index in [1.165, 1.54) is 0 Å². The van der Waals surface area contributed by atoms with E-state index in [0.29, 0.717) is 0 Å². The van der Waals surface area contributed by atoms with Crippen LogP contribution in [-0.4, -0.2) is 0 Å². The van der Waals surface area contributed by atoms with Gasteiger partial charge in [-0.3, -0.25) is 0 Å². The van der Waals surface area contributed by atoms with Gasteiger partial charge < -0.3 is 0 Å². The molecule has 0 aliphatic heterocycles. The molecule has 0 aliphatic carbocycles. The van der Waals surface area contributed by atoms with Gasteiger partial charge in [0.05, 0.1) is 0 Å².